The third-order valence-corrected chi connectivity index (χ3v) is 4.16. The molecule has 0 saturated heterocycles. The fourth-order valence-corrected chi connectivity index (χ4v) is 2.86. The van der Waals surface area contributed by atoms with E-state index in [2.05, 4.69) is 0 Å². The quantitative estimate of drug-likeness (QED) is 0.514. The summed E-state index contributed by atoms with van der Waals surface area (Å²) < 4.78 is 12.2. The van der Waals surface area contributed by atoms with E-state index in [1.807, 2.05) is 48.0 Å². The van der Waals surface area contributed by atoms with E-state index in [1.54, 1.807) is 32.4 Å². The predicted molar refractivity (Wildman–Crippen MR) is 96.0 cm³/mol. The van der Waals surface area contributed by atoms with Gasteiger partial charge in [-0.15, -0.1) is 0 Å². The fraction of sp³-hybridized carbons (Fsp3) is 0.158. The number of methoxy groups -OCH3 is 2. The third kappa shape index (κ3) is 3.06. The van der Waals surface area contributed by atoms with E-state index >= 15 is 0 Å². The molecular formula is C19H18N2O4. The monoisotopic (exact) mass is 338 g/mol. The lowest BCUT2D eigenvalue weighted by Crippen LogP contribution is -1.97. The molecule has 0 amide bonds. The molecule has 1 aromatic heterocycles. The predicted octanol–water partition coefficient (Wildman–Crippen LogP) is 4.28. The number of rotatable bonds is 5. The van der Waals surface area contributed by atoms with Crippen LogP contribution in [0, 0.1) is 10.1 Å². The largest absolute Gasteiger partial charge is 0.497 e. The first-order valence-corrected chi connectivity index (χ1v) is 7.68. The summed E-state index contributed by atoms with van der Waals surface area (Å²) in [6.45, 7) is 0. The highest BCUT2D eigenvalue weighted by atomic mass is 16.6. The van der Waals surface area contributed by atoms with Gasteiger partial charge in [0.15, 0.2) is 0 Å². The Morgan fingerprint density at radius 2 is 1.36 bits per heavy atom. The molecule has 0 bridgehead atoms. The second kappa shape index (κ2) is 6.68. The minimum Gasteiger partial charge on any atom is -0.497 e. The van der Waals surface area contributed by atoms with Gasteiger partial charge < -0.3 is 14.0 Å². The van der Waals surface area contributed by atoms with Crippen LogP contribution in [0.25, 0.3) is 22.5 Å². The molecule has 0 radical (unpaired) electrons. The molecule has 0 atom stereocenters. The number of hydrogen-bond donors (Lipinski definition) is 0. The summed E-state index contributed by atoms with van der Waals surface area (Å²) in [7, 11) is 5.01. The molecule has 25 heavy (non-hydrogen) atoms. The highest BCUT2D eigenvalue weighted by Crippen LogP contribution is 2.37. The van der Waals surface area contributed by atoms with E-state index in [1.165, 1.54) is 0 Å². The lowest BCUT2D eigenvalue weighted by Gasteiger charge is -2.09. The summed E-state index contributed by atoms with van der Waals surface area (Å²) in [5.74, 6) is 1.44. The molecule has 0 aliphatic heterocycles. The van der Waals surface area contributed by atoms with E-state index in [4.69, 9.17) is 9.47 Å². The molecule has 3 rings (SSSR count). The Kier molecular flexibility index (Phi) is 4.43. The van der Waals surface area contributed by atoms with Gasteiger partial charge in [0.1, 0.15) is 17.2 Å². The summed E-state index contributed by atoms with van der Waals surface area (Å²) >= 11 is 0. The van der Waals surface area contributed by atoms with Gasteiger partial charge in [0, 0.05) is 18.7 Å². The fourth-order valence-electron chi connectivity index (χ4n) is 2.86. The molecule has 2 aromatic carbocycles. The molecule has 0 saturated carbocycles. The van der Waals surface area contributed by atoms with Crippen molar-refractivity contribution in [2.75, 3.05) is 14.2 Å². The molecule has 0 unspecified atom stereocenters. The summed E-state index contributed by atoms with van der Waals surface area (Å²) in [5.41, 5.74) is 3.03. The Morgan fingerprint density at radius 1 is 0.880 bits per heavy atom. The Hall–Kier alpha value is -3.28. The van der Waals surface area contributed by atoms with Crippen LogP contribution >= 0.6 is 0 Å². The Labute approximate surface area is 145 Å². The molecular weight excluding hydrogens is 320 g/mol. The molecule has 0 aliphatic rings. The van der Waals surface area contributed by atoms with Gasteiger partial charge in [0.25, 0.3) is 5.69 Å². The van der Waals surface area contributed by atoms with Crippen LogP contribution in [-0.4, -0.2) is 23.7 Å². The molecule has 3 aromatic rings. The molecule has 128 valence electrons. The second-order valence-corrected chi connectivity index (χ2v) is 5.54. The number of aromatic nitrogens is 1. The van der Waals surface area contributed by atoms with Gasteiger partial charge in [-0.3, -0.25) is 10.1 Å². The van der Waals surface area contributed by atoms with Crippen molar-refractivity contribution >= 4 is 5.69 Å². The van der Waals surface area contributed by atoms with Crippen LogP contribution in [0.15, 0.2) is 54.6 Å². The SMILES string of the molecule is COc1ccc(-c2cc([N+](=O)[O-])c(-c3ccc(OC)cc3)n2C)cc1. The van der Waals surface area contributed by atoms with Gasteiger partial charge in [-0.1, -0.05) is 0 Å². The van der Waals surface area contributed by atoms with E-state index in [0.29, 0.717) is 11.4 Å². The smallest absolute Gasteiger partial charge is 0.295 e. The lowest BCUT2D eigenvalue weighted by atomic mass is 10.1. The van der Waals surface area contributed by atoms with E-state index < -0.39 is 0 Å². The summed E-state index contributed by atoms with van der Waals surface area (Å²) in [6, 6.07) is 16.3. The molecule has 0 N–H and O–H groups in total. The maximum Gasteiger partial charge on any atom is 0.295 e. The normalized spacial score (nSPS) is 10.5. The van der Waals surface area contributed by atoms with Gasteiger partial charge in [-0.05, 0) is 54.1 Å². The highest BCUT2D eigenvalue weighted by Gasteiger charge is 2.23. The van der Waals surface area contributed by atoms with E-state index in [-0.39, 0.29) is 10.6 Å². The molecule has 1 heterocycles. The molecule has 0 aliphatic carbocycles. The minimum atomic E-state index is -0.355. The maximum atomic E-state index is 11.6. The first kappa shape index (κ1) is 16.6. The van der Waals surface area contributed by atoms with Crippen LogP contribution in [0.2, 0.25) is 0 Å². The zero-order chi connectivity index (χ0) is 18.0. The Bertz CT molecular complexity index is 896. The number of nitro groups is 1. The number of ether oxygens (including phenoxy) is 2. The first-order valence-electron chi connectivity index (χ1n) is 7.68. The molecule has 6 heteroatoms. The highest BCUT2D eigenvalue weighted by molar-refractivity contribution is 5.78. The second-order valence-electron chi connectivity index (χ2n) is 5.54. The van der Waals surface area contributed by atoms with Gasteiger partial charge >= 0.3 is 0 Å². The average molecular weight is 338 g/mol. The van der Waals surface area contributed by atoms with Crippen molar-refractivity contribution in [1.29, 1.82) is 0 Å². The van der Waals surface area contributed by atoms with E-state index in [9.17, 15) is 10.1 Å². The van der Waals surface area contributed by atoms with Gasteiger partial charge in [0.05, 0.1) is 24.8 Å². The van der Waals surface area contributed by atoms with Crippen molar-refractivity contribution in [2.45, 2.75) is 0 Å². The molecule has 0 fully saturated rings. The zero-order valence-electron chi connectivity index (χ0n) is 14.2. The van der Waals surface area contributed by atoms with Gasteiger partial charge in [0.2, 0.25) is 0 Å². The summed E-state index contributed by atoms with van der Waals surface area (Å²) in [5, 5.41) is 11.6. The topological polar surface area (TPSA) is 66.5 Å². The van der Waals surface area contributed by atoms with Crippen molar-refractivity contribution in [2.24, 2.45) is 7.05 Å². The maximum absolute atomic E-state index is 11.6. The van der Waals surface area contributed by atoms with Crippen LogP contribution < -0.4 is 9.47 Å². The van der Waals surface area contributed by atoms with Crippen LogP contribution in [0.3, 0.4) is 0 Å². The molecule has 6 nitrogen and oxygen atoms in total. The average Bonchev–Trinajstić information content (AvgIpc) is 2.99. The van der Waals surface area contributed by atoms with Crippen LogP contribution in [0.5, 0.6) is 11.5 Å². The van der Waals surface area contributed by atoms with E-state index in [0.717, 1.165) is 22.6 Å². The first-order chi connectivity index (χ1) is 12.0. The minimum absolute atomic E-state index is 0.0680. The standard InChI is InChI=1S/C19H18N2O4/c1-20-17(13-4-8-15(24-2)9-5-13)12-18(21(22)23)19(20)14-6-10-16(25-3)11-7-14/h4-12H,1-3H3. The van der Waals surface area contributed by atoms with Gasteiger partial charge in [-0.2, -0.15) is 0 Å². The van der Waals surface area contributed by atoms with Crippen molar-refractivity contribution < 1.29 is 14.4 Å². The third-order valence-electron chi connectivity index (χ3n) is 4.16. The zero-order valence-corrected chi connectivity index (χ0v) is 14.2. The number of hydrogen-bond acceptors (Lipinski definition) is 4. The van der Waals surface area contributed by atoms with Crippen LogP contribution in [0.4, 0.5) is 5.69 Å². The summed E-state index contributed by atoms with van der Waals surface area (Å²) in [4.78, 5) is 11.2. The van der Waals surface area contributed by atoms with Crippen molar-refractivity contribution in [3.05, 3.63) is 64.7 Å². The Morgan fingerprint density at radius 3 is 1.80 bits per heavy atom. The Balaban J connectivity index is 2.14. The summed E-state index contributed by atoms with van der Waals surface area (Å²) in [6.07, 6.45) is 0. The molecule has 0 spiro atoms. The van der Waals surface area contributed by atoms with Crippen molar-refractivity contribution in [1.82, 2.24) is 4.57 Å². The number of benzene rings is 2. The van der Waals surface area contributed by atoms with Crippen molar-refractivity contribution in [3.63, 3.8) is 0 Å². The van der Waals surface area contributed by atoms with Crippen LogP contribution in [-0.2, 0) is 7.05 Å². The number of nitrogens with zero attached hydrogens (tertiary/aromatic N) is 2. The van der Waals surface area contributed by atoms with Crippen molar-refractivity contribution in [3.8, 4) is 34.0 Å². The lowest BCUT2D eigenvalue weighted by molar-refractivity contribution is -0.384. The van der Waals surface area contributed by atoms with Gasteiger partial charge in [-0.25, -0.2) is 0 Å². The van der Waals surface area contributed by atoms with Crippen LogP contribution in [0.1, 0.15) is 0 Å².